The minimum absolute atomic E-state index is 0.0712. The number of thiazole rings is 1. The van der Waals surface area contributed by atoms with E-state index in [1.807, 2.05) is 6.92 Å². The second-order valence-corrected chi connectivity index (χ2v) is 7.10. The Morgan fingerprint density at radius 2 is 2.05 bits per heavy atom. The Hall–Kier alpha value is -2.20. The summed E-state index contributed by atoms with van der Waals surface area (Å²) in [7, 11) is -4.03. The summed E-state index contributed by atoms with van der Waals surface area (Å²) in [5.41, 5.74) is 5.90. The van der Waals surface area contributed by atoms with Crippen molar-refractivity contribution in [1.82, 2.24) is 4.98 Å². The van der Waals surface area contributed by atoms with Gasteiger partial charge in [0.05, 0.1) is 16.3 Å². The molecule has 1 aromatic heterocycles. The quantitative estimate of drug-likeness (QED) is 0.502. The number of nitrogens with zero attached hydrogens (tertiary/aromatic N) is 2. The molecule has 0 aliphatic carbocycles. The van der Waals surface area contributed by atoms with E-state index in [4.69, 9.17) is 5.73 Å². The van der Waals surface area contributed by atoms with Gasteiger partial charge in [-0.1, -0.05) is 0 Å². The van der Waals surface area contributed by atoms with Crippen molar-refractivity contribution in [2.75, 3.05) is 10.5 Å². The molecule has 10 heteroatoms. The van der Waals surface area contributed by atoms with Crippen LogP contribution in [0.5, 0.6) is 0 Å². The van der Waals surface area contributed by atoms with E-state index in [0.717, 1.165) is 17.0 Å². The van der Waals surface area contributed by atoms with Crippen LogP contribution in [0.1, 0.15) is 10.6 Å². The molecule has 0 saturated carbocycles. The minimum Gasteiger partial charge on any atom is -0.398 e. The summed E-state index contributed by atoms with van der Waals surface area (Å²) >= 11 is 1.18. The first kappa shape index (κ1) is 15.2. The summed E-state index contributed by atoms with van der Waals surface area (Å²) < 4.78 is 26.8. The number of benzene rings is 1. The summed E-state index contributed by atoms with van der Waals surface area (Å²) in [4.78, 5) is 14.6. The zero-order valence-electron chi connectivity index (χ0n) is 11.2. The molecule has 0 unspecified atom stereocenters. The van der Waals surface area contributed by atoms with Gasteiger partial charge in [0.15, 0.2) is 5.13 Å². The van der Waals surface area contributed by atoms with Crippen molar-refractivity contribution in [1.29, 1.82) is 0 Å². The average Bonchev–Trinajstić information content (AvgIpc) is 2.67. The third-order valence-electron chi connectivity index (χ3n) is 2.75. The Morgan fingerprint density at radius 1 is 1.38 bits per heavy atom. The number of aromatic nitrogens is 1. The van der Waals surface area contributed by atoms with Crippen LogP contribution in [0, 0.1) is 24.0 Å². The SMILES string of the molecule is Cc1nc(NS(=O)(=O)c2cc([N+](=O)[O-])ccc2N)sc1C. The molecule has 2 rings (SSSR count). The van der Waals surface area contributed by atoms with Crippen molar-refractivity contribution in [2.45, 2.75) is 18.7 Å². The maximum absolute atomic E-state index is 12.3. The lowest BCUT2D eigenvalue weighted by Gasteiger charge is -2.07. The number of nitrogen functional groups attached to an aromatic ring is 1. The van der Waals surface area contributed by atoms with E-state index in [-0.39, 0.29) is 21.4 Å². The predicted molar refractivity (Wildman–Crippen MR) is 79.9 cm³/mol. The van der Waals surface area contributed by atoms with Gasteiger partial charge in [0.1, 0.15) is 4.90 Å². The third kappa shape index (κ3) is 3.11. The number of non-ortho nitro benzene ring substituents is 1. The lowest BCUT2D eigenvalue weighted by atomic mass is 10.3. The highest BCUT2D eigenvalue weighted by Gasteiger charge is 2.22. The molecule has 0 bridgehead atoms. The molecule has 0 aliphatic rings. The van der Waals surface area contributed by atoms with Crippen molar-refractivity contribution < 1.29 is 13.3 Å². The lowest BCUT2D eigenvalue weighted by Crippen LogP contribution is -2.15. The summed E-state index contributed by atoms with van der Waals surface area (Å²) in [5, 5.41) is 10.9. The van der Waals surface area contributed by atoms with E-state index in [2.05, 4.69) is 9.71 Å². The second kappa shape index (κ2) is 5.30. The van der Waals surface area contributed by atoms with Gasteiger partial charge in [-0.05, 0) is 19.9 Å². The van der Waals surface area contributed by atoms with Crippen LogP contribution in [-0.2, 0) is 10.0 Å². The molecular formula is C11H12N4O4S2. The highest BCUT2D eigenvalue weighted by molar-refractivity contribution is 7.93. The van der Waals surface area contributed by atoms with Gasteiger partial charge in [-0.3, -0.25) is 14.8 Å². The lowest BCUT2D eigenvalue weighted by molar-refractivity contribution is -0.385. The number of nitro groups is 1. The molecule has 0 atom stereocenters. The van der Waals surface area contributed by atoms with Crippen LogP contribution in [0.15, 0.2) is 23.1 Å². The van der Waals surface area contributed by atoms with Crippen molar-refractivity contribution in [3.63, 3.8) is 0 Å². The fourth-order valence-electron chi connectivity index (χ4n) is 1.56. The zero-order chi connectivity index (χ0) is 15.8. The number of aryl methyl sites for hydroxylation is 2. The van der Waals surface area contributed by atoms with E-state index in [0.29, 0.717) is 5.69 Å². The van der Waals surface area contributed by atoms with Crippen molar-refractivity contribution in [2.24, 2.45) is 0 Å². The molecular weight excluding hydrogens is 316 g/mol. The van der Waals surface area contributed by atoms with E-state index < -0.39 is 14.9 Å². The van der Waals surface area contributed by atoms with Gasteiger partial charge in [-0.25, -0.2) is 13.4 Å². The smallest absolute Gasteiger partial charge is 0.270 e. The van der Waals surface area contributed by atoms with E-state index in [9.17, 15) is 18.5 Å². The van der Waals surface area contributed by atoms with Crippen LogP contribution in [0.4, 0.5) is 16.5 Å². The van der Waals surface area contributed by atoms with E-state index in [1.54, 1.807) is 6.92 Å². The number of hydrogen-bond acceptors (Lipinski definition) is 7. The second-order valence-electron chi connectivity index (χ2n) is 4.25. The number of hydrogen-bond donors (Lipinski definition) is 2. The fourth-order valence-corrected chi connectivity index (χ4v) is 3.76. The first-order valence-corrected chi connectivity index (χ1v) is 8.01. The summed E-state index contributed by atoms with van der Waals surface area (Å²) in [6, 6.07) is 3.25. The van der Waals surface area contributed by atoms with Crippen LogP contribution < -0.4 is 10.5 Å². The van der Waals surface area contributed by atoms with Crippen LogP contribution in [0.2, 0.25) is 0 Å². The Morgan fingerprint density at radius 3 is 2.57 bits per heavy atom. The molecule has 3 N–H and O–H groups in total. The molecule has 0 saturated heterocycles. The average molecular weight is 328 g/mol. The molecule has 112 valence electrons. The summed E-state index contributed by atoms with van der Waals surface area (Å²) in [6.45, 7) is 3.57. The highest BCUT2D eigenvalue weighted by Crippen LogP contribution is 2.28. The van der Waals surface area contributed by atoms with Crippen LogP contribution in [-0.4, -0.2) is 18.3 Å². The topological polar surface area (TPSA) is 128 Å². The first-order chi connectivity index (χ1) is 9.70. The predicted octanol–water partition coefficient (Wildman–Crippen LogP) is 2.05. The summed E-state index contributed by atoms with van der Waals surface area (Å²) in [5.74, 6) is 0. The molecule has 0 amide bonds. The van der Waals surface area contributed by atoms with Gasteiger partial charge in [-0.15, -0.1) is 11.3 Å². The Balaban J connectivity index is 2.44. The van der Waals surface area contributed by atoms with Gasteiger partial charge in [-0.2, -0.15) is 0 Å². The molecule has 0 fully saturated rings. The maximum Gasteiger partial charge on any atom is 0.270 e. The number of anilines is 2. The Kier molecular flexibility index (Phi) is 3.83. The first-order valence-electron chi connectivity index (χ1n) is 5.71. The largest absolute Gasteiger partial charge is 0.398 e. The number of sulfonamides is 1. The maximum atomic E-state index is 12.3. The number of nitrogens with one attached hydrogen (secondary N) is 1. The Labute approximate surface area is 124 Å². The van der Waals surface area contributed by atoms with Gasteiger partial charge >= 0.3 is 0 Å². The fraction of sp³-hybridized carbons (Fsp3) is 0.182. The molecule has 2 aromatic rings. The molecule has 0 aliphatic heterocycles. The van der Waals surface area contributed by atoms with Gasteiger partial charge in [0, 0.05) is 17.0 Å². The van der Waals surface area contributed by atoms with Gasteiger partial charge in [0.25, 0.3) is 15.7 Å². The highest BCUT2D eigenvalue weighted by atomic mass is 32.2. The zero-order valence-corrected chi connectivity index (χ0v) is 12.8. The van der Waals surface area contributed by atoms with Crippen molar-refractivity contribution in [3.05, 3.63) is 38.9 Å². The standard InChI is InChI=1S/C11H12N4O4S2/c1-6-7(2)20-11(13-6)14-21(18,19)10-5-8(15(16)17)3-4-9(10)12/h3-5H,12H2,1-2H3,(H,13,14). The molecule has 0 radical (unpaired) electrons. The number of nitrogens with two attached hydrogens (primary N) is 1. The molecule has 0 spiro atoms. The van der Waals surface area contributed by atoms with Crippen molar-refractivity contribution >= 4 is 37.9 Å². The normalized spacial score (nSPS) is 11.3. The minimum atomic E-state index is -4.03. The van der Waals surface area contributed by atoms with Gasteiger partial charge in [0.2, 0.25) is 0 Å². The number of rotatable bonds is 4. The van der Waals surface area contributed by atoms with E-state index >= 15 is 0 Å². The molecule has 8 nitrogen and oxygen atoms in total. The Bertz CT molecular complexity index is 794. The van der Waals surface area contributed by atoms with Gasteiger partial charge < -0.3 is 5.73 Å². The molecule has 1 heterocycles. The van der Waals surface area contributed by atoms with Crippen LogP contribution in [0.25, 0.3) is 0 Å². The summed E-state index contributed by atoms with van der Waals surface area (Å²) in [6.07, 6.45) is 0. The third-order valence-corrected chi connectivity index (χ3v) is 5.26. The molecule has 1 aromatic carbocycles. The molecule has 21 heavy (non-hydrogen) atoms. The van der Waals surface area contributed by atoms with E-state index in [1.165, 1.54) is 17.4 Å². The number of nitro benzene ring substituents is 1. The van der Waals surface area contributed by atoms with Crippen molar-refractivity contribution in [3.8, 4) is 0 Å². The van der Waals surface area contributed by atoms with Crippen LogP contribution in [0.3, 0.4) is 0 Å². The monoisotopic (exact) mass is 328 g/mol. The van der Waals surface area contributed by atoms with Crippen LogP contribution >= 0.6 is 11.3 Å².